The van der Waals surface area contributed by atoms with Gasteiger partial charge in [0.2, 0.25) is 0 Å². The number of piperidine rings is 1. The summed E-state index contributed by atoms with van der Waals surface area (Å²) in [7, 11) is 0. The Bertz CT molecular complexity index is 1020. The lowest BCUT2D eigenvalue weighted by molar-refractivity contribution is -0.142. The number of hydrogen-bond donors (Lipinski definition) is 0. The second kappa shape index (κ2) is 8.44. The zero-order chi connectivity index (χ0) is 20.3. The third kappa shape index (κ3) is 4.03. The summed E-state index contributed by atoms with van der Waals surface area (Å²) in [5, 5.41) is 2.33. The van der Waals surface area contributed by atoms with E-state index < -0.39 is 0 Å². The third-order valence-electron chi connectivity index (χ3n) is 6.09. The second-order valence-corrected chi connectivity index (χ2v) is 8.11. The van der Waals surface area contributed by atoms with Gasteiger partial charge >= 0.3 is 0 Å². The van der Waals surface area contributed by atoms with Crippen LogP contribution in [0.1, 0.15) is 25.7 Å². The molecule has 1 unspecified atom stereocenters. The van der Waals surface area contributed by atoms with Crippen LogP contribution < -0.4 is 4.74 Å². The number of ether oxygens (including phenoxy) is 2. The number of fused-ring (bicyclic) bond motifs is 1. The van der Waals surface area contributed by atoms with Gasteiger partial charge in [0, 0.05) is 50.3 Å². The van der Waals surface area contributed by atoms with Crippen LogP contribution in [0.5, 0.6) is 5.75 Å². The highest BCUT2D eigenvalue weighted by atomic mass is 16.5. The van der Waals surface area contributed by atoms with Crippen LogP contribution in [0.25, 0.3) is 21.9 Å². The zero-order valence-electron chi connectivity index (χ0n) is 17.0. The second-order valence-electron chi connectivity index (χ2n) is 8.11. The van der Waals surface area contributed by atoms with E-state index in [1.807, 2.05) is 35.5 Å². The molecule has 0 aliphatic carbocycles. The normalized spacial score (nSPS) is 19.9. The Morgan fingerprint density at radius 1 is 0.967 bits per heavy atom. The number of likely N-dealkylation sites (tertiary alicyclic amines) is 1. The van der Waals surface area contributed by atoms with E-state index in [-0.39, 0.29) is 18.1 Å². The number of hydrogen-bond acceptors (Lipinski definition) is 4. The van der Waals surface area contributed by atoms with Crippen LogP contribution in [-0.2, 0) is 9.53 Å². The van der Waals surface area contributed by atoms with Gasteiger partial charge in [-0.05, 0) is 53.6 Å². The van der Waals surface area contributed by atoms with Gasteiger partial charge in [0.05, 0.1) is 0 Å². The Hall–Kier alpha value is -2.92. The molecule has 2 aliphatic heterocycles. The van der Waals surface area contributed by atoms with Crippen molar-refractivity contribution in [3.63, 3.8) is 0 Å². The first kappa shape index (κ1) is 19.1. The van der Waals surface area contributed by atoms with Gasteiger partial charge in [-0.1, -0.05) is 24.3 Å². The van der Waals surface area contributed by atoms with Crippen LogP contribution in [-0.4, -0.2) is 47.7 Å². The van der Waals surface area contributed by atoms with Crippen molar-refractivity contribution in [3.05, 3.63) is 60.9 Å². The Morgan fingerprint density at radius 2 is 1.77 bits per heavy atom. The van der Waals surface area contributed by atoms with Crippen molar-refractivity contribution in [2.24, 2.45) is 0 Å². The number of rotatable bonds is 4. The average Bonchev–Trinajstić information content (AvgIpc) is 3.34. The van der Waals surface area contributed by atoms with Crippen LogP contribution in [0.4, 0.5) is 0 Å². The van der Waals surface area contributed by atoms with Crippen molar-refractivity contribution < 1.29 is 14.3 Å². The lowest BCUT2D eigenvalue weighted by atomic mass is 10.0. The molecular formula is C25H26N2O3. The molecule has 2 saturated heterocycles. The smallest absolute Gasteiger partial charge is 0.251 e. The molecule has 5 rings (SSSR count). The Kier molecular flexibility index (Phi) is 5.37. The summed E-state index contributed by atoms with van der Waals surface area (Å²) in [5.74, 6) is 1.04. The highest BCUT2D eigenvalue weighted by molar-refractivity contribution is 5.86. The standard InChI is InChI=1S/C25H26N2O3/c28-25(24-2-1-15-29-24)27-13-10-23(11-14-27)30-22-7-5-18(6-8-22)19-3-4-21-17-26-12-9-20(21)16-19/h3-9,12,16-17,23-24H,1-2,10-11,13-15H2. The molecule has 3 heterocycles. The largest absolute Gasteiger partial charge is 0.490 e. The lowest BCUT2D eigenvalue weighted by Crippen LogP contribution is -2.45. The first-order valence-corrected chi connectivity index (χ1v) is 10.8. The molecule has 0 saturated carbocycles. The first-order chi connectivity index (χ1) is 14.8. The van der Waals surface area contributed by atoms with Crippen LogP contribution in [0.15, 0.2) is 60.9 Å². The number of amides is 1. The summed E-state index contributed by atoms with van der Waals surface area (Å²) < 4.78 is 11.7. The monoisotopic (exact) mass is 402 g/mol. The summed E-state index contributed by atoms with van der Waals surface area (Å²) in [5.41, 5.74) is 2.35. The molecule has 2 aliphatic rings. The minimum atomic E-state index is -0.221. The predicted molar refractivity (Wildman–Crippen MR) is 116 cm³/mol. The fourth-order valence-corrected chi connectivity index (χ4v) is 4.35. The number of carbonyl (C=O) groups is 1. The fraction of sp³-hybridized carbons (Fsp3) is 0.360. The van der Waals surface area contributed by atoms with Crippen LogP contribution >= 0.6 is 0 Å². The third-order valence-corrected chi connectivity index (χ3v) is 6.09. The number of pyridine rings is 1. The molecule has 0 bridgehead atoms. The Labute approximate surface area is 176 Å². The van der Waals surface area contributed by atoms with Crippen LogP contribution in [0.3, 0.4) is 0 Å². The zero-order valence-corrected chi connectivity index (χ0v) is 17.0. The maximum Gasteiger partial charge on any atom is 0.251 e. The number of benzene rings is 2. The van der Waals surface area contributed by atoms with Gasteiger partial charge in [0.25, 0.3) is 5.91 Å². The van der Waals surface area contributed by atoms with E-state index in [4.69, 9.17) is 9.47 Å². The topological polar surface area (TPSA) is 51.7 Å². The summed E-state index contributed by atoms with van der Waals surface area (Å²) in [6, 6.07) is 16.7. The molecule has 1 amide bonds. The molecule has 1 atom stereocenters. The molecule has 0 spiro atoms. The van der Waals surface area contributed by atoms with Crippen molar-refractivity contribution in [1.82, 2.24) is 9.88 Å². The SMILES string of the molecule is O=C(C1CCCO1)N1CCC(Oc2ccc(-c3ccc4cnccc4c3)cc2)CC1. The van der Waals surface area contributed by atoms with Gasteiger partial charge < -0.3 is 14.4 Å². The molecule has 5 nitrogen and oxygen atoms in total. The minimum absolute atomic E-state index is 0.151. The first-order valence-electron chi connectivity index (χ1n) is 10.8. The molecule has 0 radical (unpaired) electrons. The van der Waals surface area contributed by atoms with E-state index in [9.17, 15) is 4.79 Å². The summed E-state index contributed by atoms with van der Waals surface area (Å²) >= 11 is 0. The summed E-state index contributed by atoms with van der Waals surface area (Å²) in [6.45, 7) is 2.20. The number of aromatic nitrogens is 1. The van der Waals surface area contributed by atoms with E-state index in [0.29, 0.717) is 6.61 Å². The maximum absolute atomic E-state index is 12.5. The van der Waals surface area contributed by atoms with Gasteiger partial charge in [-0.3, -0.25) is 9.78 Å². The quantitative estimate of drug-likeness (QED) is 0.647. The van der Waals surface area contributed by atoms with Gasteiger partial charge in [-0.25, -0.2) is 0 Å². The predicted octanol–water partition coefficient (Wildman–Crippen LogP) is 4.45. The van der Waals surface area contributed by atoms with E-state index in [1.165, 1.54) is 10.9 Å². The number of nitrogens with zero attached hydrogens (tertiary/aromatic N) is 2. The van der Waals surface area contributed by atoms with Gasteiger partial charge in [-0.15, -0.1) is 0 Å². The molecule has 0 N–H and O–H groups in total. The number of carbonyl (C=O) groups excluding carboxylic acids is 1. The molecular weight excluding hydrogens is 376 g/mol. The van der Waals surface area contributed by atoms with Crippen LogP contribution in [0, 0.1) is 0 Å². The van der Waals surface area contributed by atoms with Crippen molar-refractivity contribution in [2.75, 3.05) is 19.7 Å². The van der Waals surface area contributed by atoms with Gasteiger partial charge in [-0.2, -0.15) is 0 Å². The molecule has 2 aromatic carbocycles. The van der Waals surface area contributed by atoms with Gasteiger partial charge in [0.15, 0.2) is 0 Å². The van der Waals surface area contributed by atoms with Crippen molar-refractivity contribution in [1.29, 1.82) is 0 Å². The highest BCUT2D eigenvalue weighted by Gasteiger charge is 2.31. The van der Waals surface area contributed by atoms with Crippen molar-refractivity contribution in [3.8, 4) is 16.9 Å². The minimum Gasteiger partial charge on any atom is -0.490 e. The van der Waals surface area contributed by atoms with Crippen molar-refractivity contribution >= 4 is 16.7 Å². The maximum atomic E-state index is 12.5. The average molecular weight is 402 g/mol. The van der Waals surface area contributed by atoms with Crippen LogP contribution in [0.2, 0.25) is 0 Å². The van der Waals surface area contributed by atoms with E-state index in [0.717, 1.165) is 55.5 Å². The molecule has 154 valence electrons. The highest BCUT2D eigenvalue weighted by Crippen LogP contribution is 2.27. The Balaban J connectivity index is 1.19. The van der Waals surface area contributed by atoms with Gasteiger partial charge in [0.1, 0.15) is 18.0 Å². The lowest BCUT2D eigenvalue weighted by Gasteiger charge is -2.33. The molecule has 1 aromatic heterocycles. The van der Waals surface area contributed by atoms with E-state index in [2.05, 4.69) is 35.3 Å². The van der Waals surface area contributed by atoms with E-state index in [1.54, 1.807) is 0 Å². The van der Waals surface area contributed by atoms with E-state index >= 15 is 0 Å². The van der Waals surface area contributed by atoms with Crippen molar-refractivity contribution in [2.45, 2.75) is 37.9 Å². The molecule has 30 heavy (non-hydrogen) atoms. The summed E-state index contributed by atoms with van der Waals surface area (Å²) in [4.78, 5) is 18.6. The fourth-order valence-electron chi connectivity index (χ4n) is 4.35. The Morgan fingerprint density at radius 3 is 2.53 bits per heavy atom. The molecule has 3 aromatic rings. The summed E-state index contributed by atoms with van der Waals surface area (Å²) in [6.07, 6.45) is 7.20. The molecule has 5 heteroatoms. The molecule has 2 fully saturated rings.